The van der Waals surface area contributed by atoms with E-state index >= 15 is 0 Å². The summed E-state index contributed by atoms with van der Waals surface area (Å²) in [6, 6.07) is 14.3. The van der Waals surface area contributed by atoms with Crippen LogP contribution in [0.4, 0.5) is 0 Å². The van der Waals surface area contributed by atoms with E-state index in [2.05, 4.69) is 10.0 Å². The van der Waals surface area contributed by atoms with Crippen LogP contribution in [0.15, 0.2) is 53.4 Å². The highest BCUT2D eigenvalue weighted by Gasteiger charge is 2.24. The smallest absolute Gasteiger partial charge is 0.251 e. The van der Waals surface area contributed by atoms with E-state index in [1.54, 1.807) is 6.07 Å². The summed E-state index contributed by atoms with van der Waals surface area (Å²) in [6.07, 6.45) is 7.02. The third-order valence-electron chi connectivity index (χ3n) is 5.79. The molecule has 1 saturated carbocycles. The van der Waals surface area contributed by atoms with Crippen molar-refractivity contribution in [1.29, 1.82) is 0 Å². The molecule has 2 aromatic rings. The standard InChI is InChI=1S/C23H30N2O4S/c1-24-30(27,28)22-16-19(13-14-21(22)29-2)23(26)25-20(18-11-7-4-8-12-18)15-17-9-5-3-6-10-17/h4,7-8,11-14,16-17,20,24H,3,5-6,9-10,15H2,1-2H3,(H,25,26). The van der Waals surface area contributed by atoms with E-state index in [4.69, 9.17) is 4.74 Å². The number of amides is 1. The van der Waals surface area contributed by atoms with Crippen molar-refractivity contribution in [2.75, 3.05) is 14.2 Å². The molecule has 162 valence electrons. The molecule has 1 aliphatic rings. The summed E-state index contributed by atoms with van der Waals surface area (Å²) in [7, 11) is -1.02. The zero-order valence-electron chi connectivity index (χ0n) is 17.6. The first kappa shape index (κ1) is 22.3. The number of hydrogen-bond donors (Lipinski definition) is 2. The number of methoxy groups -OCH3 is 1. The number of ether oxygens (including phenoxy) is 1. The monoisotopic (exact) mass is 430 g/mol. The molecule has 6 nitrogen and oxygen atoms in total. The highest BCUT2D eigenvalue weighted by molar-refractivity contribution is 7.89. The molecule has 7 heteroatoms. The molecule has 1 fully saturated rings. The lowest BCUT2D eigenvalue weighted by molar-refractivity contribution is 0.0928. The quantitative estimate of drug-likeness (QED) is 0.662. The second-order valence-corrected chi connectivity index (χ2v) is 9.60. The molecule has 0 radical (unpaired) electrons. The molecule has 0 aliphatic heterocycles. The van der Waals surface area contributed by atoms with Crippen LogP contribution < -0.4 is 14.8 Å². The second-order valence-electron chi connectivity index (χ2n) is 7.75. The van der Waals surface area contributed by atoms with Gasteiger partial charge in [-0.2, -0.15) is 0 Å². The number of nitrogens with one attached hydrogen (secondary N) is 2. The average Bonchev–Trinajstić information content (AvgIpc) is 2.79. The average molecular weight is 431 g/mol. The molecule has 1 unspecified atom stereocenters. The Bertz CT molecular complexity index is 954. The van der Waals surface area contributed by atoms with Gasteiger partial charge < -0.3 is 10.1 Å². The topological polar surface area (TPSA) is 84.5 Å². The van der Waals surface area contributed by atoms with Crippen molar-refractivity contribution in [3.8, 4) is 5.75 Å². The van der Waals surface area contributed by atoms with Gasteiger partial charge in [-0.15, -0.1) is 0 Å². The summed E-state index contributed by atoms with van der Waals surface area (Å²) in [4.78, 5) is 13.0. The van der Waals surface area contributed by atoms with Crippen molar-refractivity contribution >= 4 is 15.9 Å². The zero-order valence-corrected chi connectivity index (χ0v) is 18.4. The number of carbonyl (C=O) groups is 1. The number of hydrogen-bond acceptors (Lipinski definition) is 4. The molecule has 3 rings (SSSR count). The Kier molecular flexibility index (Phi) is 7.50. The lowest BCUT2D eigenvalue weighted by Gasteiger charge is -2.27. The van der Waals surface area contributed by atoms with Crippen molar-refractivity contribution < 1.29 is 17.9 Å². The fourth-order valence-electron chi connectivity index (χ4n) is 4.10. The second kappa shape index (κ2) is 10.1. The van der Waals surface area contributed by atoms with Gasteiger partial charge in [0.2, 0.25) is 10.0 Å². The van der Waals surface area contributed by atoms with Gasteiger partial charge in [0.05, 0.1) is 13.2 Å². The molecular weight excluding hydrogens is 400 g/mol. The number of carbonyl (C=O) groups excluding carboxylic acids is 1. The molecule has 1 atom stereocenters. The van der Waals surface area contributed by atoms with Crippen molar-refractivity contribution in [2.45, 2.75) is 49.5 Å². The van der Waals surface area contributed by atoms with Crippen LogP contribution in [0.1, 0.15) is 60.5 Å². The van der Waals surface area contributed by atoms with Gasteiger partial charge in [-0.25, -0.2) is 13.1 Å². The Hall–Kier alpha value is -2.38. The van der Waals surface area contributed by atoms with E-state index in [1.807, 2.05) is 30.3 Å². The Labute approximate surface area is 179 Å². The maximum absolute atomic E-state index is 13.1. The summed E-state index contributed by atoms with van der Waals surface area (Å²) in [5, 5.41) is 3.14. The van der Waals surface area contributed by atoms with Crippen LogP contribution >= 0.6 is 0 Å². The van der Waals surface area contributed by atoms with Gasteiger partial charge >= 0.3 is 0 Å². The van der Waals surface area contributed by atoms with Gasteiger partial charge in [0.1, 0.15) is 10.6 Å². The molecule has 0 spiro atoms. The van der Waals surface area contributed by atoms with E-state index < -0.39 is 10.0 Å². The van der Waals surface area contributed by atoms with E-state index in [1.165, 1.54) is 58.4 Å². The summed E-state index contributed by atoms with van der Waals surface area (Å²) in [6.45, 7) is 0. The minimum atomic E-state index is -3.76. The maximum atomic E-state index is 13.1. The Morgan fingerprint density at radius 2 is 1.80 bits per heavy atom. The first-order valence-corrected chi connectivity index (χ1v) is 11.9. The highest BCUT2D eigenvalue weighted by atomic mass is 32.2. The Morgan fingerprint density at radius 3 is 2.43 bits per heavy atom. The number of benzene rings is 2. The third-order valence-corrected chi connectivity index (χ3v) is 7.22. The van der Waals surface area contributed by atoms with Crippen LogP contribution in [-0.4, -0.2) is 28.5 Å². The molecule has 2 aromatic carbocycles. The SMILES string of the molecule is CNS(=O)(=O)c1cc(C(=O)NC(CC2CCCCC2)c2ccccc2)ccc1OC. The van der Waals surface area contributed by atoms with Gasteiger partial charge in [0.25, 0.3) is 5.91 Å². The van der Waals surface area contributed by atoms with Crippen LogP contribution in [0.3, 0.4) is 0 Å². The molecule has 0 saturated heterocycles. The molecular formula is C23H30N2O4S. The van der Waals surface area contributed by atoms with Crippen LogP contribution in [0.25, 0.3) is 0 Å². The van der Waals surface area contributed by atoms with E-state index in [0.717, 1.165) is 12.0 Å². The lowest BCUT2D eigenvalue weighted by atomic mass is 9.83. The number of rotatable bonds is 8. The molecule has 0 aromatic heterocycles. The highest BCUT2D eigenvalue weighted by Crippen LogP contribution is 2.32. The first-order chi connectivity index (χ1) is 14.4. The van der Waals surface area contributed by atoms with Gasteiger partial charge in [-0.1, -0.05) is 62.4 Å². The third kappa shape index (κ3) is 5.40. The van der Waals surface area contributed by atoms with Crippen molar-refractivity contribution in [1.82, 2.24) is 10.0 Å². The van der Waals surface area contributed by atoms with Gasteiger partial charge in [-0.05, 0) is 43.1 Å². The van der Waals surface area contributed by atoms with Crippen LogP contribution in [0, 0.1) is 5.92 Å². The first-order valence-electron chi connectivity index (χ1n) is 10.4. The summed E-state index contributed by atoms with van der Waals surface area (Å²) < 4.78 is 32.1. The summed E-state index contributed by atoms with van der Waals surface area (Å²) >= 11 is 0. The van der Waals surface area contributed by atoms with Gasteiger partial charge in [-0.3, -0.25) is 4.79 Å². The summed E-state index contributed by atoms with van der Waals surface area (Å²) in [5.41, 5.74) is 1.35. The molecule has 30 heavy (non-hydrogen) atoms. The van der Waals surface area contributed by atoms with Crippen LogP contribution in [0.5, 0.6) is 5.75 Å². The van der Waals surface area contributed by atoms with E-state index in [0.29, 0.717) is 5.92 Å². The van der Waals surface area contributed by atoms with Crippen LogP contribution in [0.2, 0.25) is 0 Å². The number of sulfonamides is 1. The van der Waals surface area contributed by atoms with E-state index in [9.17, 15) is 13.2 Å². The largest absolute Gasteiger partial charge is 0.495 e. The minimum Gasteiger partial charge on any atom is -0.495 e. The van der Waals surface area contributed by atoms with Crippen molar-refractivity contribution in [3.05, 3.63) is 59.7 Å². The Balaban J connectivity index is 1.85. The van der Waals surface area contributed by atoms with E-state index in [-0.39, 0.29) is 28.2 Å². The normalized spacial score (nSPS) is 16.1. The molecule has 0 bridgehead atoms. The van der Waals surface area contributed by atoms with Gasteiger partial charge in [0, 0.05) is 5.56 Å². The predicted octanol–water partition coefficient (Wildman–Crippen LogP) is 4.04. The van der Waals surface area contributed by atoms with Crippen molar-refractivity contribution in [3.63, 3.8) is 0 Å². The van der Waals surface area contributed by atoms with Crippen molar-refractivity contribution in [2.24, 2.45) is 5.92 Å². The Morgan fingerprint density at radius 1 is 1.10 bits per heavy atom. The minimum absolute atomic E-state index is 0.0521. The fourth-order valence-corrected chi connectivity index (χ4v) is 5.02. The van der Waals surface area contributed by atoms with Crippen LogP contribution in [-0.2, 0) is 10.0 Å². The molecule has 1 aliphatic carbocycles. The maximum Gasteiger partial charge on any atom is 0.251 e. The molecule has 0 heterocycles. The zero-order chi connectivity index (χ0) is 21.6. The predicted molar refractivity (Wildman–Crippen MR) is 117 cm³/mol. The lowest BCUT2D eigenvalue weighted by Crippen LogP contribution is -2.31. The van der Waals surface area contributed by atoms with Gasteiger partial charge in [0.15, 0.2) is 0 Å². The molecule has 1 amide bonds. The fraction of sp³-hybridized carbons (Fsp3) is 0.435. The summed E-state index contributed by atoms with van der Waals surface area (Å²) in [5.74, 6) is 0.484. The molecule has 2 N–H and O–H groups in total.